The first-order valence-corrected chi connectivity index (χ1v) is 15.4. The molecule has 2 amide bonds. The van der Waals surface area contributed by atoms with Gasteiger partial charge in [-0.05, 0) is 62.7 Å². The molecular weight excluding hydrogens is 616 g/mol. The summed E-state index contributed by atoms with van der Waals surface area (Å²) in [5.41, 5.74) is 0.430. The van der Waals surface area contributed by atoms with Crippen LogP contribution in [0.25, 0.3) is 0 Å². The van der Waals surface area contributed by atoms with Crippen LogP contribution in [0.2, 0.25) is 20.1 Å². The summed E-state index contributed by atoms with van der Waals surface area (Å²) in [6, 6.07) is 15.7. The minimum atomic E-state index is -4.29. The maximum absolute atomic E-state index is 14.0. The number of rotatable bonds is 11. The molecule has 0 spiro atoms. The van der Waals surface area contributed by atoms with E-state index >= 15 is 0 Å². The zero-order valence-corrected chi connectivity index (χ0v) is 25.9. The standard InChI is InChI=1S/C28H29Cl4N3O4S/c1-4-18(2)33-28(37)19(3)34(16-22-23(30)11-8-12-24(22)31)27(36)17-35(26-15-20(29)13-14-25(26)32)40(38,39)21-9-6-5-7-10-21/h5-15,18-19H,4,16-17H2,1-3H3,(H,33,37)/t18-,19-/m0/s1. The quantitative estimate of drug-likeness (QED) is 0.248. The number of halogens is 4. The summed E-state index contributed by atoms with van der Waals surface area (Å²) in [5, 5.41) is 3.76. The number of anilines is 1. The molecule has 0 radical (unpaired) electrons. The monoisotopic (exact) mass is 643 g/mol. The van der Waals surface area contributed by atoms with Crippen LogP contribution in [0, 0.1) is 0 Å². The van der Waals surface area contributed by atoms with E-state index in [4.69, 9.17) is 46.4 Å². The van der Waals surface area contributed by atoms with Crippen LogP contribution in [0.15, 0.2) is 71.6 Å². The van der Waals surface area contributed by atoms with Crippen molar-refractivity contribution in [1.82, 2.24) is 10.2 Å². The van der Waals surface area contributed by atoms with Crippen molar-refractivity contribution in [2.75, 3.05) is 10.8 Å². The van der Waals surface area contributed by atoms with E-state index in [1.165, 1.54) is 35.2 Å². The van der Waals surface area contributed by atoms with E-state index in [9.17, 15) is 18.0 Å². The van der Waals surface area contributed by atoms with Crippen molar-refractivity contribution in [3.05, 3.63) is 92.4 Å². The number of sulfonamides is 1. The summed E-state index contributed by atoms with van der Waals surface area (Å²) in [5.74, 6) is -1.09. The maximum Gasteiger partial charge on any atom is 0.264 e. The van der Waals surface area contributed by atoms with Gasteiger partial charge in [-0.15, -0.1) is 0 Å². The van der Waals surface area contributed by atoms with E-state index in [1.807, 2.05) is 13.8 Å². The number of hydrogen-bond donors (Lipinski definition) is 1. The van der Waals surface area contributed by atoms with Crippen LogP contribution in [0.5, 0.6) is 0 Å². The third-order valence-electron chi connectivity index (χ3n) is 6.35. The predicted octanol–water partition coefficient (Wildman–Crippen LogP) is 6.83. The first kappa shape index (κ1) is 32.0. The van der Waals surface area contributed by atoms with Crippen LogP contribution >= 0.6 is 46.4 Å². The van der Waals surface area contributed by atoms with Gasteiger partial charge in [0.2, 0.25) is 11.8 Å². The lowest BCUT2D eigenvalue weighted by Gasteiger charge is -2.33. The van der Waals surface area contributed by atoms with Crippen molar-refractivity contribution in [1.29, 1.82) is 0 Å². The molecule has 0 unspecified atom stereocenters. The van der Waals surface area contributed by atoms with Crippen LogP contribution < -0.4 is 9.62 Å². The fraction of sp³-hybridized carbons (Fsp3) is 0.286. The molecule has 0 saturated carbocycles. The van der Waals surface area contributed by atoms with E-state index in [-0.39, 0.29) is 33.2 Å². The van der Waals surface area contributed by atoms with Crippen molar-refractivity contribution in [2.45, 2.75) is 50.7 Å². The van der Waals surface area contributed by atoms with Gasteiger partial charge in [0.1, 0.15) is 12.6 Å². The van der Waals surface area contributed by atoms with Gasteiger partial charge in [-0.2, -0.15) is 0 Å². The van der Waals surface area contributed by atoms with Crippen molar-refractivity contribution in [3.63, 3.8) is 0 Å². The van der Waals surface area contributed by atoms with E-state index in [2.05, 4.69) is 5.32 Å². The van der Waals surface area contributed by atoms with Crippen molar-refractivity contribution < 1.29 is 18.0 Å². The lowest BCUT2D eigenvalue weighted by molar-refractivity contribution is -0.139. The Bertz CT molecular complexity index is 1450. The zero-order chi connectivity index (χ0) is 29.6. The first-order valence-electron chi connectivity index (χ1n) is 12.4. The molecule has 0 aliphatic carbocycles. The van der Waals surface area contributed by atoms with Crippen LogP contribution in [0.4, 0.5) is 5.69 Å². The van der Waals surface area contributed by atoms with Crippen LogP contribution in [-0.4, -0.2) is 43.8 Å². The molecule has 214 valence electrons. The van der Waals surface area contributed by atoms with Gasteiger partial charge < -0.3 is 10.2 Å². The van der Waals surface area contributed by atoms with Gasteiger partial charge in [-0.1, -0.05) is 77.6 Å². The number of nitrogens with one attached hydrogen (secondary N) is 1. The van der Waals surface area contributed by atoms with E-state index in [0.29, 0.717) is 22.0 Å². The smallest absolute Gasteiger partial charge is 0.264 e. The van der Waals surface area contributed by atoms with E-state index in [0.717, 1.165) is 4.31 Å². The fourth-order valence-electron chi connectivity index (χ4n) is 3.81. The summed E-state index contributed by atoms with van der Waals surface area (Å²) in [7, 11) is -4.29. The van der Waals surface area contributed by atoms with Crippen molar-refractivity contribution in [2.24, 2.45) is 0 Å². The molecule has 0 aliphatic heterocycles. The molecule has 2 atom stereocenters. The summed E-state index contributed by atoms with van der Waals surface area (Å²) in [6.45, 7) is 4.50. The lowest BCUT2D eigenvalue weighted by atomic mass is 10.1. The van der Waals surface area contributed by atoms with Gasteiger partial charge in [0.25, 0.3) is 10.0 Å². The number of carbonyl (C=O) groups excluding carboxylic acids is 2. The highest BCUT2D eigenvalue weighted by molar-refractivity contribution is 7.92. The normalized spacial score (nSPS) is 12.9. The third-order valence-corrected chi connectivity index (χ3v) is 9.38. The molecule has 3 aromatic rings. The number of benzene rings is 3. The molecule has 3 aromatic carbocycles. The largest absolute Gasteiger partial charge is 0.352 e. The highest BCUT2D eigenvalue weighted by atomic mass is 35.5. The Morgan fingerprint density at radius 1 is 0.875 bits per heavy atom. The second-order valence-corrected chi connectivity index (χ2v) is 12.7. The molecule has 7 nitrogen and oxygen atoms in total. The Balaban J connectivity index is 2.10. The van der Waals surface area contributed by atoms with Crippen molar-refractivity contribution in [3.8, 4) is 0 Å². The summed E-state index contributed by atoms with van der Waals surface area (Å²) in [4.78, 5) is 28.3. The van der Waals surface area contributed by atoms with Gasteiger partial charge in [-0.3, -0.25) is 13.9 Å². The minimum Gasteiger partial charge on any atom is -0.352 e. The van der Waals surface area contributed by atoms with Crippen LogP contribution in [-0.2, 0) is 26.2 Å². The molecule has 12 heteroatoms. The molecule has 0 saturated heterocycles. The average molecular weight is 645 g/mol. The average Bonchev–Trinajstić information content (AvgIpc) is 2.92. The molecule has 3 rings (SSSR count). The predicted molar refractivity (Wildman–Crippen MR) is 162 cm³/mol. The Kier molecular flexibility index (Phi) is 11.1. The Morgan fingerprint density at radius 3 is 2.10 bits per heavy atom. The van der Waals surface area contributed by atoms with Gasteiger partial charge >= 0.3 is 0 Å². The second kappa shape index (κ2) is 13.9. The summed E-state index contributed by atoms with van der Waals surface area (Å²) < 4.78 is 28.6. The molecule has 0 heterocycles. The lowest BCUT2D eigenvalue weighted by Crippen LogP contribution is -2.52. The second-order valence-electron chi connectivity index (χ2n) is 9.14. The molecule has 0 bridgehead atoms. The highest BCUT2D eigenvalue weighted by Gasteiger charge is 2.34. The maximum atomic E-state index is 14.0. The first-order chi connectivity index (χ1) is 18.9. The number of nitrogens with zero attached hydrogens (tertiary/aromatic N) is 2. The summed E-state index contributed by atoms with van der Waals surface area (Å²) >= 11 is 25.4. The van der Waals surface area contributed by atoms with Crippen molar-refractivity contribution >= 4 is 73.9 Å². The molecule has 0 fully saturated rings. The van der Waals surface area contributed by atoms with E-state index < -0.39 is 34.4 Å². The Labute approximate surface area is 255 Å². The topological polar surface area (TPSA) is 86.8 Å². The Hall–Kier alpha value is -2.49. The summed E-state index contributed by atoms with van der Waals surface area (Å²) in [6.07, 6.45) is 0.680. The molecule has 0 aromatic heterocycles. The van der Waals surface area contributed by atoms with Gasteiger partial charge in [-0.25, -0.2) is 8.42 Å². The molecule has 0 aliphatic rings. The minimum absolute atomic E-state index is 0.0128. The van der Waals surface area contributed by atoms with Gasteiger partial charge in [0, 0.05) is 33.2 Å². The molecule has 40 heavy (non-hydrogen) atoms. The highest BCUT2D eigenvalue weighted by Crippen LogP contribution is 2.33. The number of hydrogen-bond acceptors (Lipinski definition) is 4. The molecule has 1 N–H and O–H groups in total. The Morgan fingerprint density at radius 2 is 1.50 bits per heavy atom. The van der Waals surface area contributed by atoms with Gasteiger partial charge in [0.05, 0.1) is 15.6 Å². The molecular formula is C28H29Cl4N3O4S. The van der Waals surface area contributed by atoms with Crippen LogP contribution in [0.1, 0.15) is 32.8 Å². The SMILES string of the molecule is CC[C@H](C)NC(=O)[C@H](C)N(Cc1c(Cl)cccc1Cl)C(=O)CN(c1cc(Cl)ccc1Cl)S(=O)(=O)c1ccccc1. The zero-order valence-electron chi connectivity index (χ0n) is 22.1. The number of carbonyl (C=O) groups is 2. The van der Waals surface area contributed by atoms with Gasteiger partial charge in [0.15, 0.2) is 0 Å². The van der Waals surface area contributed by atoms with E-state index in [1.54, 1.807) is 43.3 Å². The number of amides is 2. The van der Waals surface area contributed by atoms with Crippen LogP contribution in [0.3, 0.4) is 0 Å². The third kappa shape index (κ3) is 7.62. The fourth-order valence-corrected chi connectivity index (χ4v) is 6.21.